The highest BCUT2D eigenvalue weighted by Gasteiger charge is 2.17. The molecule has 114 valence electrons. The van der Waals surface area contributed by atoms with E-state index in [1.165, 1.54) is 0 Å². The van der Waals surface area contributed by atoms with Crippen molar-refractivity contribution < 1.29 is 18.0 Å². The number of hydrogen-bond donors (Lipinski definition) is 1. The van der Waals surface area contributed by atoms with Crippen molar-refractivity contribution in [1.29, 1.82) is 0 Å². The van der Waals surface area contributed by atoms with Crippen molar-refractivity contribution in [2.75, 3.05) is 0 Å². The lowest BCUT2D eigenvalue weighted by Gasteiger charge is -2.20. The van der Waals surface area contributed by atoms with Crippen molar-refractivity contribution >= 4 is 6.03 Å². The van der Waals surface area contributed by atoms with Crippen LogP contribution < -0.4 is 5.32 Å². The summed E-state index contributed by atoms with van der Waals surface area (Å²) in [6.45, 7) is 1.05. The molecule has 3 aromatic rings. The van der Waals surface area contributed by atoms with Gasteiger partial charge in [0, 0.05) is 0 Å². The lowest BCUT2D eigenvalue weighted by molar-refractivity contribution is 0.181. The van der Waals surface area contributed by atoms with E-state index in [1.807, 2.05) is 18.2 Å². The van der Waals surface area contributed by atoms with Gasteiger partial charge in [-0.1, -0.05) is 0 Å². The fourth-order valence-electron chi connectivity index (χ4n) is 2.07. The Morgan fingerprint density at radius 1 is 0.864 bits per heavy atom. The molecular weight excluding hydrogens is 284 g/mol. The van der Waals surface area contributed by atoms with E-state index >= 15 is 0 Å². The molecule has 6 nitrogen and oxygen atoms in total. The SMILES string of the molecule is O=C(NCc1ccco1)N(Cc1ccco1)Cc1ccco1. The average molecular weight is 300 g/mol. The summed E-state index contributed by atoms with van der Waals surface area (Å²) in [7, 11) is 0. The summed E-state index contributed by atoms with van der Waals surface area (Å²) in [4.78, 5) is 14.0. The first kappa shape index (κ1) is 14.1. The maximum absolute atomic E-state index is 12.4. The number of hydrogen-bond acceptors (Lipinski definition) is 4. The second kappa shape index (κ2) is 6.71. The van der Waals surface area contributed by atoms with Crippen LogP contribution in [-0.2, 0) is 19.6 Å². The first-order valence-corrected chi connectivity index (χ1v) is 6.91. The molecule has 0 aliphatic carbocycles. The van der Waals surface area contributed by atoms with Gasteiger partial charge in [-0.3, -0.25) is 0 Å². The third kappa shape index (κ3) is 3.60. The highest BCUT2D eigenvalue weighted by atomic mass is 16.3. The van der Waals surface area contributed by atoms with Crippen molar-refractivity contribution in [3.05, 3.63) is 72.5 Å². The Hall–Kier alpha value is -2.89. The Bertz CT molecular complexity index is 636. The van der Waals surface area contributed by atoms with Crippen molar-refractivity contribution in [3.8, 4) is 0 Å². The first-order chi connectivity index (χ1) is 10.8. The molecule has 3 aromatic heterocycles. The number of nitrogens with zero attached hydrogens (tertiary/aromatic N) is 1. The lowest BCUT2D eigenvalue weighted by atomic mass is 10.3. The van der Waals surface area contributed by atoms with E-state index in [4.69, 9.17) is 13.3 Å². The van der Waals surface area contributed by atoms with E-state index in [0.29, 0.717) is 36.9 Å². The van der Waals surface area contributed by atoms with Crippen LogP contribution in [0.4, 0.5) is 4.79 Å². The smallest absolute Gasteiger partial charge is 0.318 e. The molecule has 0 fully saturated rings. The summed E-state index contributed by atoms with van der Waals surface area (Å²) >= 11 is 0. The van der Waals surface area contributed by atoms with Crippen LogP contribution in [0.3, 0.4) is 0 Å². The van der Waals surface area contributed by atoms with Gasteiger partial charge in [-0.25, -0.2) is 4.79 Å². The minimum Gasteiger partial charge on any atom is -0.467 e. The number of furan rings is 3. The van der Waals surface area contributed by atoms with Gasteiger partial charge in [0.15, 0.2) is 0 Å². The van der Waals surface area contributed by atoms with Crippen LogP contribution >= 0.6 is 0 Å². The Labute approximate surface area is 127 Å². The standard InChI is InChI=1S/C16H16N2O4/c19-16(17-10-13-4-1-7-20-13)18(11-14-5-2-8-21-14)12-15-6-3-9-22-15/h1-9H,10-12H2,(H,17,19). The van der Waals surface area contributed by atoms with Crippen LogP contribution in [0.1, 0.15) is 17.3 Å². The molecule has 0 aromatic carbocycles. The second-order valence-electron chi connectivity index (χ2n) is 4.75. The highest BCUT2D eigenvalue weighted by molar-refractivity contribution is 5.74. The molecule has 0 unspecified atom stereocenters. The normalized spacial score (nSPS) is 10.5. The molecule has 3 heterocycles. The molecule has 6 heteroatoms. The fourth-order valence-corrected chi connectivity index (χ4v) is 2.07. The van der Waals surface area contributed by atoms with Crippen LogP contribution in [0.25, 0.3) is 0 Å². The van der Waals surface area contributed by atoms with E-state index < -0.39 is 0 Å². The van der Waals surface area contributed by atoms with Crippen LogP contribution in [0, 0.1) is 0 Å². The predicted molar refractivity (Wildman–Crippen MR) is 77.6 cm³/mol. The highest BCUT2D eigenvalue weighted by Crippen LogP contribution is 2.11. The van der Waals surface area contributed by atoms with Crippen molar-refractivity contribution in [2.45, 2.75) is 19.6 Å². The third-order valence-electron chi connectivity index (χ3n) is 3.13. The molecule has 0 bridgehead atoms. The number of rotatable bonds is 6. The van der Waals surface area contributed by atoms with Crippen LogP contribution in [0.2, 0.25) is 0 Å². The van der Waals surface area contributed by atoms with Gasteiger partial charge < -0.3 is 23.5 Å². The summed E-state index contributed by atoms with van der Waals surface area (Å²) in [5.74, 6) is 2.11. The van der Waals surface area contributed by atoms with Crippen molar-refractivity contribution in [1.82, 2.24) is 10.2 Å². The minimum absolute atomic E-state index is 0.218. The number of carbonyl (C=O) groups excluding carboxylic acids is 1. The number of carbonyl (C=O) groups is 1. The van der Waals surface area contributed by atoms with Gasteiger partial charge in [0.05, 0.1) is 38.4 Å². The summed E-state index contributed by atoms with van der Waals surface area (Å²) in [5.41, 5.74) is 0. The Morgan fingerprint density at radius 2 is 1.36 bits per heavy atom. The molecule has 22 heavy (non-hydrogen) atoms. The van der Waals surface area contributed by atoms with Gasteiger partial charge in [0.25, 0.3) is 0 Å². The molecule has 0 aliphatic heterocycles. The van der Waals surface area contributed by atoms with Gasteiger partial charge >= 0.3 is 6.03 Å². The van der Waals surface area contributed by atoms with Gasteiger partial charge in [0.1, 0.15) is 17.3 Å². The van der Waals surface area contributed by atoms with Gasteiger partial charge in [-0.2, -0.15) is 0 Å². The van der Waals surface area contributed by atoms with Crippen molar-refractivity contribution in [2.24, 2.45) is 0 Å². The third-order valence-corrected chi connectivity index (χ3v) is 3.13. The van der Waals surface area contributed by atoms with Crippen LogP contribution in [-0.4, -0.2) is 10.9 Å². The summed E-state index contributed by atoms with van der Waals surface area (Å²) in [5, 5.41) is 2.82. The van der Waals surface area contributed by atoms with Gasteiger partial charge in [-0.15, -0.1) is 0 Å². The molecule has 0 spiro atoms. The van der Waals surface area contributed by atoms with E-state index in [1.54, 1.807) is 41.9 Å². The maximum Gasteiger partial charge on any atom is 0.318 e. The molecule has 0 saturated heterocycles. The molecule has 0 atom stereocenters. The Morgan fingerprint density at radius 3 is 1.82 bits per heavy atom. The van der Waals surface area contributed by atoms with Gasteiger partial charge in [0.2, 0.25) is 0 Å². The fraction of sp³-hybridized carbons (Fsp3) is 0.188. The zero-order chi connectivity index (χ0) is 15.2. The number of amides is 2. The number of urea groups is 1. The summed E-state index contributed by atoms with van der Waals surface area (Å²) in [6.07, 6.45) is 4.74. The van der Waals surface area contributed by atoms with E-state index in [0.717, 1.165) is 0 Å². The molecule has 1 N–H and O–H groups in total. The quantitative estimate of drug-likeness (QED) is 0.757. The van der Waals surface area contributed by atoms with Crippen molar-refractivity contribution in [3.63, 3.8) is 0 Å². The molecule has 2 amide bonds. The lowest BCUT2D eigenvalue weighted by Crippen LogP contribution is -2.38. The monoisotopic (exact) mass is 300 g/mol. The zero-order valence-corrected chi connectivity index (χ0v) is 11.9. The molecule has 3 rings (SSSR count). The van der Waals surface area contributed by atoms with E-state index in [-0.39, 0.29) is 6.03 Å². The Kier molecular flexibility index (Phi) is 4.29. The number of nitrogens with one attached hydrogen (secondary N) is 1. The zero-order valence-electron chi connectivity index (χ0n) is 11.9. The molecule has 0 aliphatic rings. The Balaban J connectivity index is 1.64. The van der Waals surface area contributed by atoms with E-state index in [9.17, 15) is 4.79 Å². The minimum atomic E-state index is -0.218. The molecule has 0 saturated carbocycles. The molecular formula is C16H16N2O4. The first-order valence-electron chi connectivity index (χ1n) is 6.91. The van der Waals surface area contributed by atoms with E-state index in [2.05, 4.69) is 5.32 Å². The maximum atomic E-state index is 12.4. The summed E-state index contributed by atoms with van der Waals surface area (Å²) in [6, 6.07) is 10.6. The molecule has 0 radical (unpaired) electrons. The van der Waals surface area contributed by atoms with Crippen LogP contribution in [0.15, 0.2) is 68.4 Å². The largest absolute Gasteiger partial charge is 0.467 e. The van der Waals surface area contributed by atoms with Gasteiger partial charge in [-0.05, 0) is 36.4 Å². The van der Waals surface area contributed by atoms with Crippen LogP contribution in [0.5, 0.6) is 0 Å². The predicted octanol–water partition coefficient (Wildman–Crippen LogP) is 3.38. The topological polar surface area (TPSA) is 71.8 Å². The average Bonchev–Trinajstić information content (AvgIpc) is 3.27. The second-order valence-corrected chi connectivity index (χ2v) is 4.75. The summed E-state index contributed by atoms with van der Waals surface area (Å²) < 4.78 is 15.8.